The van der Waals surface area contributed by atoms with Gasteiger partial charge in [0.15, 0.2) is 0 Å². The van der Waals surface area contributed by atoms with Crippen molar-refractivity contribution >= 4 is 34.2 Å². The third kappa shape index (κ3) is 4.11. The van der Waals surface area contributed by atoms with Gasteiger partial charge in [0.2, 0.25) is 5.91 Å². The van der Waals surface area contributed by atoms with E-state index in [0.717, 1.165) is 11.1 Å². The van der Waals surface area contributed by atoms with Gasteiger partial charge in [0.1, 0.15) is 6.54 Å². The molecule has 4 aromatic rings. The first-order chi connectivity index (χ1) is 14.9. The number of nitrogens with zero attached hydrogens (tertiary/aromatic N) is 2. The fourth-order valence-corrected chi connectivity index (χ4v) is 3.56. The van der Waals surface area contributed by atoms with Gasteiger partial charge in [-0.15, -0.1) is 0 Å². The zero-order chi connectivity index (χ0) is 22.0. The van der Waals surface area contributed by atoms with Crippen molar-refractivity contribution in [3.05, 3.63) is 94.4 Å². The molecule has 2 N–H and O–H groups in total. The van der Waals surface area contributed by atoms with Gasteiger partial charge in [-0.05, 0) is 48.9 Å². The van der Waals surface area contributed by atoms with Gasteiger partial charge in [-0.25, -0.2) is 4.79 Å². The van der Waals surface area contributed by atoms with Crippen LogP contribution in [0.1, 0.15) is 15.9 Å². The normalized spacial score (nSPS) is 10.8. The van der Waals surface area contributed by atoms with Gasteiger partial charge in [0.25, 0.3) is 5.91 Å². The molecule has 7 heteroatoms. The van der Waals surface area contributed by atoms with E-state index in [9.17, 15) is 14.4 Å². The second kappa shape index (κ2) is 8.31. The zero-order valence-corrected chi connectivity index (χ0v) is 17.3. The molecule has 4 rings (SSSR count). The Hall–Kier alpha value is -4.13. The minimum absolute atomic E-state index is 0.159. The quantitative estimate of drug-likeness (QED) is 0.524. The minimum atomic E-state index is -0.394. The van der Waals surface area contributed by atoms with Gasteiger partial charge in [0, 0.05) is 12.7 Å². The Bertz CT molecular complexity index is 1350. The number of hydrogen-bond acceptors (Lipinski definition) is 3. The van der Waals surface area contributed by atoms with Crippen molar-refractivity contribution in [2.45, 2.75) is 13.5 Å². The van der Waals surface area contributed by atoms with Crippen molar-refractivity contribution < 1.29 is 9.59 Å². The van der Waals surface area contributed by atoms with Gasteiger partial charge in [-0.2, -0.15) is 0 Å². The summed E-state index contributed by atoms with van der Waals surface area (Å²) in [6.07, 6.45) is 0. The summed E-state index contributed by atoms with van der Waals surface area (Å²) in [7, 11) is 1.67. The predicted molar refractivity (Wildman–Crippen MR) is 121 cm³/mol. The number of imidazole rings is 1. The number of amides is 2. The van der Waals surface area contributed by atoms with Crippen molar-refractivity contribution in [3.63, 3.8) is 0 Å². The lowest BCUT2D eigenvalue weighted by atomic mass is 10.1. The van der Waals surface area contributed by atoms with Crippen LogP contribution in [0.4, 0.5) is 11.4 Å². The lowest BCUT2D eigenvalue weighted by Crippen LogP contribution is -2.29. The van der Waals surface area contributed by atoms with Crippen LogP contribution in [0.5, 0.6) is 0 Å². The molecule has 0 aliphatic heterocycles. The molecular formula is C24H22N4O3. The summed E-state index contributed by atoms with van der Waals surface area (Å²) in [5, 5.41) is 5.62. The lowest BCUT2D eigenvalue weighted by Gasteiger charge is -2.12. The van der Waals surface area contributed by atoms with Gasteiger partial charge >= 0.3 is 5.69 Å². The second-order valence-electron chi connectivity index (χ2n) is 7.33. The van der Waals surface area contributed by atoms with Gasteiger partial charge in [0.05, 0.1) is 22.3 Å². The summed E-state index contributed by atoms with van der Waals surface area (Å²) in [4.78, 5) is 38.1. The molecule has 3 aromatic carbocycles. The van der Waals surface area contributed by atoms with Crippen LogP contribution in [0.25, 0.3) is 11.0 Å². The van der Waals surface area contributed by atoms with Crippen LogP contribution in [0.2, 0.25) is 0 Å². The molecule has 0 fully saturated rings. The average Bonchev–Trinajstić information content (AvgIpc) is 2.99. The molecule has 0 spiro atoms. The molecule has 0 aliphatic carbocycles. The molecule has 0 saturated carbocycles. The summed E-state index contributed by atoms with van der Waals surface area (Å²) < 4.78 is 2.92. The number of anilines is 2. The van der Waals surface area contributed by atoms with Crippen LogP contribution in [-0.4, -0.2) is 20.9 Å². The van der Waals surface area contributed by atoms with E-state index in [1.165, 1.54) is 9.13 Å². The molecule has 1 heterocycles. The van der Waals surface area contributed by atoms with E-state index in [1.54, 1.807) is 43.4 Å². The molecule has 0 atom stereocenters. The number of benzene rings is 3. The van der Waals surface area contributed by atoms with E-state index in [1.807, 2.05) is 43.3 Å². The Morgan fingerprint density at radius 2 is 1.58 bits per heavy atom. The molecule has 7 nitrogen and oxygen atoms in total. The Morgan fingerprint density at radius 1 is 0.871 bits per heavy atom. The van der Waals surface area contributed by atoms with Gasteiger partial charge in [-0.3, -0.25) is 18.7 Å². The maximum absolute atomic E-state index is 12.8. The summed E-state index contributed by atoms with van der Waals surface area (Å²) in [6, 6.07) is 21.5. The van der Waals surface area contributed by atoms with E-state index >= 15 is 0 Å². The van der Waals surface area contributed by atoms with Crippen molar-refractivity contribution in [2.24, 2.45) is 7.05 Å². The molecule has 0 radical (unpaired) electrons. The number of aryl methyl sites for hydroxylation is 2. The Balaban J connectivity index is 1.56. The lowest BCUT2D eigenvalue weighted by molar-refractivity contribution is -0.116. The first kappa shape index (κ1) is 20.2. The van der Waals surface area contributed by atoms with E-state index < -0.39 is 5.91 Å². The Morgan fingerprint density at radius 3 is 2.35 bits per heavy atom. The summed E-state index contributed by atoms with van der Waals surface area (Å²) in [5.74, 6) is -0.724. The molecule has 1 aromatic heterocycles. The number of carbonyl (C=O) groups excluding carboxylic acids is 2. The first-order valence-corrected chi connectivity index (χ1v) is 9.85. The zero-order valence-electron chi connectivity index (χ0n) is 17.3. The van der Waals surface area contributed by atoms with Crippen molar-refractivity contribution in [2.75, 3.05) is 10.6 Å². The van der Waals surface area contributed by atoms with E-state index in [4.69, 9.17) is 0 Å². The average molecular weight is 414 g/mol. The van der Waals surface area contributed by atoms with Crippen LogP contribution < -0.4 is 16.3 Å². The number of para-hydroxylation sites is 3. The summed E-state index contributed by atoms with van der Waals surface area (Å²) in [5.41, 5.74) is 3.57. The third-order valence-corrected chi connectivity index (χ3v) is 5.08. The van der Waals surface area contributed by atoms with Crippen LogP contribution in [0.3, 0.4) is 0 Å². The van der Waals surface area contributed by atoms with Crippen molar-refractivity contribution in [1.29, 1.82) is 0 Å². The van der Waals surface area contributed by atoms with Crippen molar-refractivity contribution in [1.82, 2.24) is 9.13 Å². The highest BCUT2D eigenvalue weighted by molar-refractivity contribution is 6.10. The highest BCUT2D eigenvalue weighted by Gasteiger charge is 2.16. The number of nitrogens with one attached hydrogen (secondary N) is 2. The van der Waals surface area contributed by atoms with Crippen LogP contribution in [0, 0.1) is 6.92 Å². The SMILES string of the molecule is Cc1cccc(NC(=O)c2ccccc2NC(=O)Cn2c(=O)n(C)c3ccccc32)c1. The molecule has 0 aliphatic rings. The number of carbonyl (C=O) groups is 2. The monoisotopic (exact) mass is 414 g/mol. The van der Waals surface area contributed by atoms with E-state index in [0.29, 0.717) is 22.5 Å². The molecule has 0 unspecified atom stereocenters. The Labute approximate surface area is 178 Å². The fourth-order valence-electron chi connectivity index (χ4n) is 3.56. The number of fused-ring (bicyclic) bond motifs is 1. The minimum Gasteiger partial charge on any atom is -0.324 e. The van der Waals surface area contributed by atoms with Gasteiger partial charge in [-0.1, -0.05) is 36.4 Å². The van der Waals surface area contributed by atoms with Crippen LogP contribution >= 0.6 is 0 Å². The Kier molecular flexibility index (Phi) is 5.41. The number of hydrogen-bond donors (Lipinski definition) is 2. The highest BCUT2D eigenvalue weighted by Crippen LogP contribution is 2.19. The molecule has 0 saturated heterocycles. The topological polar surface area (TPSA) is 85.1 Å². The summed E-state index contributed by atoms with van der Waals surface area (Å²) >= 11 is 0. The highest BCUT2D eigenvalue weighted by atomic mass is 16.2. The maximum atomic E-state index is 12.8. The van der Waals surface area contributed by atoms with E-state index in [-0.39, 0.29) is 18.1 Å². The first-order valence-electron chi connectivity index (χ1n) is 9.85. The van der Waals surface area contributed by atoms with Crippen LogP contribution in [-0.2, 0) is 18.4 Å². The van der Waals surface area contributed by atoms with Crippen LogP contribution in [0.15, 0.2) is 77.6 Å². The largest absolute Gasteiger partial charge is 0.329 e. The molecule has 31 heavy (non-hydrogen) atoms. The van der Waals surface area contributed by atoms with E-state index in [2.05, 4.69) is 10.6 Å². The molecule has 0 bridgehead atoms. The standard InChI is InChI=1S/C24H22N4O3/c1-16-8-7-9-17(14-16)25-23(30)18-10-3-4-11-19(18)26-22(29)15-28-21-13-6-5-12-20(21)27(2)24(28)31/h3-14H,15H2,1-2H3,(H,25,30)(H,26,29). The molecule has 156 valence electrons. The fraction of sp³-hybridized carbons (Fsp3) is 0.125. The van der Waals surface area contributed by atoms with Gasteiger partial charge < -0.3 is 10.6 Å². The second-order valence-corrected chi connectivity index (χ2v) is 7.33. The summed E-state index contributed by atoms with van der Waals surface area (Å²) in [6.45, 7) is 1.78. The number of aromatic nitrogens is 2. The van der Waals surface area contributed by atoms with Crippen molar-refractivity contribution in [3.8, 4) is 0 Å². The molecular weight excluding hydrogens is 392 g/mol. The molecule has 2 amide bonds. The smallest absolute Gasteiger partial charge is 0.324 e. The number of rotatable bonds is 5. The third-order valence-electron chi connectivity index (χ3n) is 5.08. The predicted octanol–water partition coefficient (Wildman–Crippen LogP) is 3.54. The maximum Gasteiger partial charge on any atom is 0.329 e.